The van der Waals surface area contributed by atoms with Crippen molar-refractivity contribution in [3.05, 3.63) is 53.6 Å². The summed E-state index contributed by atoms with van der Waals surface area (Å²) in [4.78, 5) is 4.33. The summed E-state index contributed by atoms with van der Waals surface area (Å²) >= 11 is 0. The standard InChI is InChI=1S/C16H20N2O/c1-2-18-10-9-17-16(18)15(19)14-8-7-12-5-3-4-6-13(12)11-14/h3-6,9-10,14-15,19H,2,7-8,11H2,1H3. The number of nitrogens with zero attached hydrogens (tertiary/aromatic N) is 2. The molecule has 0 spiro atoms. The molecule has 2 aromatic rings. The van der Waals surface area contributed by atoms with Gasteiger partial charge in [-0.05, 0) is 43.2 Å². The normalized spacial score (nSPS) is 20.0. The molecule has 1 aliphatic rings. The van der Waals surface area contributed by atoms with Crippen molar-refractivity contribution in [1.29, 1.82) is 0 Å². The topological polar surface area (TPSA) is 38.0 Å². The van der Waals surface area contributed by atoms with Gasteiger partial charge >= 0.3 is 0 Å². The minimum Gasteiger partial charge on any atom is -0.385 e. The lowest BCUT2D eigenvalue weighted by atomic mass is 9.81. The molecule has 1 N–H and O–H groups in total. The van der Waals surface area contributed by atoms with Gasteiger partial charge in [-0.15, -0.1) is 0 Å². The van der Waals surface area contributed by atoms with Crippen LogP contribution < -0.4 is 0 Å². The van der Waals surface area contributed by atoms with E-state index in [2.05, 4.69) is 36.2 Å². The lowest BCUT2D eigenvalue weighted by Crippen LogP contribution is -2.23. The lowest BCUT2D eigenvalue weighted by molar-refractivity contribution is 0.0878. The summed E-state index contributed by atoms with van der Waals surface area (Å²) in [7, 11) is 0. The Morgan fingerprint density at radius 2 is 2.16 bits per heavy atom. The molecule has 0 fully saturated rings. The largest absolute Gasteiger partial charge is 0.385 e. The maximum Gasteiger partial charge on any atom is 0.137 e. The maximum absolute atomic E-state index is 10.6. The van der Waals surface area contributed by atoms with Crippen molar-refractivity contribution in [2.45, 2.75) is 38.8 Å². The smallest absolute Gasteiger partial charge is 0.137 e. The molecule has 19 heavy (non-hydrogen) atoms. The summed E-state index contributed by atoms with van der Waals surface area (Å²) in [6.45, 7) is 2.93. The van der Waals surface area contributed by atoms with Crippen LogP contribution in [0.2, 0.25) is 0 Å². The van der Waals surface area contributed by atoms with Crippen LogP contribution in [0.3, 0.4) is 0 Å². The van der Waals surface area contributed by atoms with Gasteiger partial charge in [-0.3, -0.25) is 0 Å². The Labute approximate surface area is 113 Å². The third-order valence-electron chi connectivity index (χ3n) is 4.18. The first-order chi connectivity index (χ1) is 9.29. The number of aliphatic hydroxyl groups excluding tert-OH is 1. The molecule has 2 atom stereocenters. The quantitative estimate of drug-likeness (QED) is 0.917. The van der Waals surface area contributed by atoms with Gasteiger partial charge in [0, 0.05) is 18.9 Å². The van der Waals surface area contributed by atoms with Crippen LogP contribution in [-0.2, 0) is 19.4 Å². The van der Waals surface area contributed by atoms with Crippen molar-refractivity contribution in [3.63, 3.8) is 0 Å². The highest BCUT2D eigenvalue weighted by Crippen LogP contribution is 2.33. The zero-order valence-corrected chi connectivity index (χ0v) is 11.3. The summed E-state index contributed by atoms with van der Waals surface area (Å²) in [6.07, 6.45) is 6.31. The average Bonchev–Trinajstić information content (AvgIpc) is 2.94. The molecule has 0 radical (unpaired) electrons. The van der Waals surface area contributed by atoms with Gasteiger partial charge in [0.05, 0.1) is 0 Å². The van der Waals surface area contributed by atoms with Gasteiger partial charge in [0.15, 0.2) is 0 Å². The van der Waals surface area contributed by atoms with Crippen LogP contribution in [-0.4, -0.2) is 14.7 Å². The van der Waals surface area contributed by atoms with E-state index in [0.717, 1.165) is 31.6 Å². The Morgan fingerprint density at radius 1 is 1.37 bits per heavy atom. The molecule has 0 aliphatic heterocycles. The van der Waals surface area contributed by atoms with E-state index in [0.29, 0.717) is 0 Å². The predicted molar refractivity (Wildman–Crippen MR) is 74.8 cm³/mol. The zero-order valence-electron chi connectivity index (χ0n) is 11.3. The summed E-state index contributed by atoms with van der Waals surface area (Å²) in [6, 6.07) is 8.56. The molecule has 1 aromatic heterocycles. The summed E-state index contributed by atoms with van der Waals surface area (Å²) in [5.41, 5.74) is 2.82. The van der Waals surface area contributed by atoms with E-state index in [9.17, 15) is 5.11 Å². The minimum atomic E-state index is -0.455. The second-order valence-corrected chi connectivity index (χ2v) is 5.29. The van der Waals surface area contributed by atoms with Gasteiger partial charge in [0.1, 0.15) is 11.9 Å². The van der Waals surface area contributed by atoms with E-state index in [-0.39, 0.29) is 5.92 Å². The molecule has 0 bridgehead atoms. The van der Waals surface area contributed by atoms with Crippen LogP contribution in [0.25, 0.3) is 0 Å². The number of imidazole rings is 1. The van der Waals surface area contributed by atoms with E-state index in [1.165, 1.54) is 11.1 Å². The molecule has 3 rings (SSSR count). The molecule has 1 heterocycles. The highest BCUT2D eigenvalue weighted by Gasteiger charge is 2.28. The van der Waals surface area contributed by atoms with Gasteiger partial charge in [-0.25, -0.2) is 4.98 Å². The summed E-state index contributed by atoms with van der Waals surface area (Å²) in [5, 5.41) is 10.6. The first kappa shape index (κ1) is 12.4. The molecule has 1 aromatic carbocycles. The summed E-state index contributed by atoms with van der Waals surface area (Å²) in [5.74, 6) is 1.09. The highest BCUT2D eigenvalue weighted by molar-refractivity contribution is 5.30. The average molecular weight is 256 g/mol. The molecule has 0 saturated heterocycles. The van der Waals surface area contributed by atoms with Crippen molar-refractivity contribution in [1.82, 2.24) is 9.55 Å². The van der Waals surface area contributed by atoms with Gasteiger partial charge in [0.2, 0.25) is 0 Å². The number of aryl methyl sites for hydroxylation is 2. The summed E-state index contributed by atoms with van der Waals surface area (Å²) < 4.78 is 2.03. The van der Waals surface area contributed by atoms with Crippen LogP contribution in [0.15, 0.2) is 36.7 Å². The lowest BCUT2D eigenvalue weighted by Gasteiger charge is -2.28. The number of aromatic nitrogens is 2. The Balaban J connectivity index is 1.81. The Kier molecular flexibility index (Phi) is 3.38. The van der Waals surface area contributed by atoms with Crippen molar-refractivity contribution in [2.75, 3.05) is 0 Å². The fourth-order valence-corrected chi connectivity index (χ4v) is 3.06. The van der Waals surface area contributed by atoms with Crippen molar-refractivity contribution in [2.24, 2.45) is 5.92 Å². The third-order valence-corrected chi connectivity index (χ3v) is 4.18. The Bertz CT molecular complexity index is 561. The van der Waals surface area contributed by atoms with Crippen molar-refractivity contribution in [3.8, 4) is 0 Å². The first-order valence-electron chi connectivity index (χ1n) is 7.05. The van der Waals surface area contributed by atoms with Crippen LogP contribution >= 0.6 is 0 Å². The van der Waals surface area contributed by atoms with E-state index in [1.807, 2.05) is 10.8 Å². The Morgan fingerprint density at radius 3 is 2.95 bits per heavy atom. The van der Waals surface area contributed by atoms with Crippen LogP contribution in [0.4, 0.5) is 0 Å². The fraction of sp³-hybridized carbons (Fsp3) is 0.438. The number of fused-ring (bicyclic) bond motifs is 1. The monoisotopic (exact) mass is 256 g/mol. The fourth-order valence-electron chi connectivity index (χ4n) is 3.06. The number of benzene rings is 1. The first-order valence-corrected chi connectivity index (χ1v) is 7.05. The van der Waals surface area contributed by atoms with Crippen molar-refractivity contribution < 1.29 is 5.11 Å². The number of hydrogen-bond acceptors (Lipinski definition) is 2. The molecule has 3 heteroatoms. The SMILES string of the molecule is CCn1ccnc1C(O)C1CCc2ccccc2C1. The zero-order chi connectivity index (χ0) is 13.2. The molecule has 100 valence electrons. The van der Waals surface area contributed by atoms with Crippen LogP contribution in [0.1, 0.15) is 36.4 Å². The van der Waals surface area contributed by atoms with Crippen molar-refractivity contribution >= 4 is 0 Å². The van der Waals surface area contributed by atoms with Gasteiger partial charge in [-0.2, -0.15) is 0 Å². The second-order valence-electron chi connectivity index (χ2n) is 5.29. The van der Waals surface area contributed by atoms with Gasteiger partial charge in [0.25, 0.3) is 0 Å². The minimum absolute atomic E-state index is 0.280. The number of hydrogen-bond donors (Lipinski definition) is 1. The molecule has 0 saturated carbocycles. The van der Waals surface area contributed by atoms with Crippen LogP contribution in [0, 0.1) is 5.92 Å². The maximum atomic E-state index is 10.6. The molecular weight excluding hydrogens is 236 g/mol. The number of rotatable bonds is 3. The van der Waals surface area contributed by atoms with Crippen LogP contribution in [0.5, 0.6) is 0 Å². The predicted octanol–water partition coefficient (Wildman–Crippen LogP) is 2.74. The molecule has 2 unspecified atom stereocenters. The van der Waals surface area contributed by atoms with E-state index in [4.69, 9.17) is 0 Å². The molecule has 0 amide bonds. The highest BCUT2D eigenvalue weighted by atomic mass is 16.3. The van der Waals surface area contributed by atoms with E-state index >= 15 is 0 Å². The van der Waals surface area contributed by atoms with E-state index in [1.54, 1.807) is 6.20 Å². The van der Waals surface area contributed by atoms with Gasteiger partial charge < -0.3 is 9.67 Å². The number of aliphatic hydroxyl groups is 1. The molecular formula is C16H20N2O. The second kappa shape index (κ2) is 5.17. The third kappa shape index (κ3) is 2.30. The van der Waals surface area contributed by atoms with Gasteiger partial charge in [-0.1, -0.05) is 24.3 Å². The Hall–Kier alpha value is -1.61. The molecule has 1 aliphatic carbocycles. The van der Waals surface area contributed by atoms with E-state index < -0.39 is 6.10 Å². The molecule has 3 nitrogen and oxygen atoms in total.